The van der Waals surface area contributed by atoms with Crippen molar-refractivity contribution in [3.05, 3.63) is 0 Å². The molecule has 0 spiro atoms. The van der Waals surface area contributed by atoms with Crippen molar-refractivity contribution in [3.8, 4) is 0 Å². The smallest absolute Gasteiger partial charge is 0.186 e. The molecule has 0 saturated carbocycles. The van der Waals surface area contributed by atoms with E-state index < -0.39 is 30.7 Å². The lowest BCUT2D eigenvalue weighted by atomic mass is 9.99. The fourth-order valence-corrected chi connectivity index (χ4v) is 2.61. The first-order valence-corrected chi connectivity index (χ1v) is 8.10. The lowest BCUT2D eigenvalue weighted by Crippen LogP contribution is -2.59. The summed E-state index contributed by atoms with van der Waals surface area (Å²) in [4.78, 5) is 0. The van der Waals surface area contributed by atoms with E-state index in [4.69, 9.17) is 19.3 Å². The van der Waals surface area contributed by atoms with Gasteiger partial charge < -0.3 is 29.5 Å². The molecule has 7 heteroatoms. The van der Waals surface area contributed by atoms with Crippen LogP contribution in [0.15, 0.2) is 0 Å². The number of ether oxygens (including phenoxy) is 3. The summed E-state index contributed by atoms with van der Waals surface area (Å²) in [5.74, 6) is 0. The zero-order valence-corrected chi connectivity index (χ0v) is 13.4. The number of halogens is 1. The van der Waals surface area contributed by atoms with Crippen LogP contribution >= 0.6 is 15.9 Å². The maximum atomic E-state index is 10.0. The van der Waals surface area contributed by atoms with Crippen LogP contribution in [-0.4, -0.2) is 71.7 Å². The monoisotopic (exact) mass is 356 g/mol. The van der Waals surface area contributed by atoms with E-state index in [1.807, 2.05) is 0 Å². The minimum Gasteiger partial charge on any atom is -0.394 e. The number of alkyl halides is 1. The highest BCUT2D eigenvalue weighted by Crippen LogP contribution is 2.24. The molecule has 0 aromatic carbocycles. The van der Waals surface area contributed by atoms with Gasteiger partial charge in [-0.05, 0) is 12.8 Å². The molecule has 120 valence electrons. The van der Waals surface area contributed by atoms with Crippen molar-refractivity contribution >= 4 is 15.9 Å². The number of hydrogen-bond acceptors (Lipinski definition) is 6. The van der Waals surface area contributed by atoms with E-state index in [1.54, 1.807) is 0 Å². The average molecular weight is 357 g/mol. The van der Waals surface area contributed by atoms with E-state index in [0.717, 1.165) is 31.0 Å². The fraction of sp³-hybridized carbons (Fsp3) is 1.00. The van der Waals surface area contributed by atoms with Gasteiger partial charge in [0, 0.05) is 19.0 Å². The Balaban J connectivity index is 2.39. The number of aliphatic hydroxyl groups excluding tert-OH is 3. The van der Waals surface area contributed by atoms with Crippen LogP contribution < -0.4 is 0 Å². The van der Waals surface area contributed by atoms with E-state index in [1.165, 1.54) is 7.11 Å². The number of rotatable bonds is 9. The van der Waals surface area contributed by atoms with Crippen LogP contribution in [-0.2, 0) is 14.2 Å². The number of hydrogen-bond donors (Lipinski definition) is 3. The predicted octanol–water partition coefficient (Wildman–Crippen LogP) is 0.412. The molecular weight excluding hydrogens is 332 g/mol. The fourth-order valence-electron chi connectivity index (χ4n) is 2.21. The average Bonchev–Trinajstić information content (AvgIpc) is 2.46. The molecule has 0 amide bonds. The molecule has 1 aliphatic heterocycles. The summed E-state index contributed by atoms with van der Waals surface area (Å²) in [5.41, 5.74) is 0. The zero-order chi connectivity index (χ0) is 15.0. The van der Waals surface area contributed by atoms with Gasteiger partial charge in [-0.1, -0.05) is 28.8 Å². The van der Waals surface area contributed by atoms with E-state index in [0.29, 0.717) is 6.61 Å². The minimum absolute atomic E-state index is 0.348. The lowest BCUT2D eigenvalue weighted by Gasteiger charge is -2.41. The topological polar surface area (TPSA) is 88.4 Å². The molecule has 3 N–H and O–H groups in total. The summed E-state index contributed by atoms with van der Waals surface area (Å²) in [6.07, 6.45) is -0.487. The van der Waals surface area contributed by atoms with Gasteiger partial charge in [-0.2, -0.15) is 0 Å². The molecule has 0 bridgehead atoms. The molecule has 6 nitrogen and oxygen atoms in total. The van der Waals surface area contributed by atoms with Crippen molar-refractivity contribution in [2.75, 3.05) is 25.7 Å². The van der Waals surface area contributed by atoms with Gasteiger partial charge in [0.15, 0.2) is 6.29 Å². The molecular formula is C13H25BrO6. The van der Waals surface area contributed by atoms with Gasteiger partial charge in [0.25, 0.3) is 0 Å². The first kappa shape index (κ1) is 18.3. The third-order valence-electron chi connectivity index (χ3n) is 3.39. The number of unbranched alkanes of at least 4 members (excludes halogenated alkanes) is 3. The zero-order valence-electron chi connectivity index (χ0n) is 11.8. The first-order chi connectivity index (χ1) is 9.65. The highest BCUT2D eigenvalue weighted by atomic mass is 79.9. The maximum absolute atomic E-state index is 10.0. The Morgan fingerprint density at radius 1 is 1.10 bits per heavy atom. The number of aliphatic hydroxyl groups is 3. The van der Waals surface area contributed by atoms with E-state index >= 15 is 0 Å². The van der Waals surface area contributed by atoms with Crippen molar-refractivity contribution in [2.45, 2.75) is 56.4 Å². The lowest BCUT2D eigenvalue weighted by molar-refractivity contribution is -0.301. The third kappa shape index (κ3) is 5.22. The predicted molar refractivity (Wildman–Crippen MR) is 76.8 cm³/mol. The van der Waals surface area contributed by atoms with Crippen molar-refractivity contribution < 1.29 is 29.5 Å². The first-order valence-electron chi connectivity index (χ1n) is 6.98. The van der Waals surface area contributed by atoms with Crippen molar-refractivity contribution in [2.24, 2.45) is 0 Å². The second-order valence-electron chi connectivity index (χ2n) is 4.88. The van der Waals surface area contributed by atoms with Gasteiger partial charge in [0.2, 0.25) is 0 Å². The molecule has 5 atom stereocenters. The summed E-state index contributed by atoms with van der Waals surface area (Å²) in [7, 11) is 1.40. The van der Waals surface area contributed by atoms with Crippen LogP contribution in [0.3, 0.4) is 0 Å². The van der Waals surface area contributed by atoms with E-state index in [-0.39, 0.29) is 6.61 Å². The highest BCUT2D eigenvalue weighted by Gasteiger charge is 2.45. The molecule has 0 aromatic rings. The van der Waals surface area contributed by atoms with Crippen molar-refractivity contribution in [1.29, 1.82) is 0 Å². The molecule has 1 fully saturated rings. The molecule has 0 aliphatic carbocycles. The van der Waals surface area contributed by atoms with Gasteiger partial charge in [-0.3, -0.25) is 0 Å². The quantitative estimate of drug-likeness (QED) is 0.409. The van der Waals surface area contributed by atoms with Crippen LogP contribution in [0.2, 0.25) is 0 Å². The molecule has 1 aliphatic rings. The third-order valence-corrected chi connectivity index (χ3v) is 3.95. The summed E-state index contributed by atoms with van der Waals surface area (Å²) >= 11 is 3.38. The van der Waals surface area contributed by atoms with Crippen LogP contribution in [0.25, 0.3) is 0 Å². The largest absolute Gasteiger partial charge is 0.394 e. The van der Waals surface area contributed by atoms with E-state index in [2.05, 4.69) is 15.9 Å². The second-order valence-corrected chi connectivity index (χ2v) is 5.67. The van der Waals surface area contributed by atoms with Gasteiger partial charge in [-0.15, -0.1) is 0 Å². The van der Waals surface area contributed by atoms with Crippen LogP contribution in [0.1, 0.15) is 25.7 Å². The van der Waals surface area contributed by atoms with Crippen LogP contribution in [0, 0.1) is 0 Å². The molecule has 1 saturated heterocycles. The Labute approximate surface area is 128 Å². The Hall–Kier alpha value is 0.240. The van der Waals surface area contributed by atoms with Crippen LogP contribution in [0.5, 0.6) is 0 Å². The maximum Gasteiger partial charge on any atom is 0.186 e. The highest BCUT2D eigenvalue weighted by molar-refractivity contribution is 9.09. The molecule has 0 radical (unpaired) electrons. The SMILES string of the molecule is CO[C@H]1O[C@H](CO)[C@H](O)[C@H](OCCCCCCBr)[C@H]1O. The van der Waals surface area contributed by atoms with Crippen molar-refractivity contribution in [3.63, 3.8) is 0 Å². The summed E-state index contributed by atoms with van der Waals surface area (Å²) in [6, 6.07) is 0. The van der Waals surface area contributed by atoms with Gasteiger partial charge in [0.05, 0.1) is 6.61 Å². The Morgan fingerprint density at radius 2 is 1.80 bits per heavy atom. The molecule has 20 heavy (non-hydrogen) atoms. The van der Waals surface area contributed by atoms with E-state index in [9.17, 15) is 10.2 Å². The summed E-state index contributed by atoms with van der Waals surface area (Å²) in [5, 5.41) is 30.2. The van der Waals surface area contributed by atoms with Gasteiger partial charge >= 0.3 is 0 Å². The van der Waals surface area contributed by atoms with Gasteiger partial charge in [0.1, 0.15) is 24.4 Å². The summed E-state index contributed by atoms with van der Waals surface area (Å²) < 4.78 is 15.8. The molecule has 0 unspecified atom stereocenters. The second kappa shape index (κ2) is 10.0. The molecule has 1 rings (SSSR count). The van der Waals surface area contributed by atoms with Crippen molar-refractivity contribution in [1.82, 2.24) is 0 Å². The summed E-state index contributed by atoms with van der Waals surface area (Å²) in [6.45, 7) is 0.106. The van der Waals surface area contributed by atoms with Crippen LogP contribution in [0.4, 0.5) is 0 Å². The Kier molecular flexibility index (Phi) is 9.19. The Morgan fingerprint density at radius 3 is 2.40 bits per heavy atom. The normalized spacial score (nSPS) is 34.4. The number of methoxy groups -OCH3 is 1. The van der Waals surface area contributed by atoms with Gasteiger partial charge in [-0.25, -0.2) is 0 Å². The molecule has 1 heterocycles. The minimum atomic E-state index is -1.07. The molecule has 0 aromatic heterocycles. The standard InChI is InChI=1S/C13H25BrO6/c1-18-13-11(17)12(10(16)9(8-15)20-13)19-7-5-3-2-4-6-14/h9-13,15-17H,2-8H2,1H3/t9-,10+,11-,12+,13+/m1/s1. The Bertz CT molecular complexity index is 239.